The molecule has 0 amide bonds. The first-order valence-corrected chi connectivity index (χ1v) is 21.0. The third kappa shape index (κ3) is 8.76. The van der Waals surface area contributed by atoms with E-state index >= 15 is 0 Å². The second-order valence-electron chi connectivity index (χ2n) is 14.8. The summed E-state index contributed by atoms with van der Waals surface area (Å²) in [5.41, 5.74) is 11.8. The van der Waals surface area contributed by atoms with Crippen molar-refractivity contribution in [1.29, 1.82) is 0 Å². The Morgan fingerprint density at radius 1 is 0.281 bits per heavy atom. The van der Waals surface area contributed by atoms with Crippen molar-refractivity contribution < 1.29 is 14.2 Å². The number of hydrogen-bond donors (Lipinski definition) is 0. The predicted octanol–water partition coefficient (Wildman–Crippen LogP) is 15.2. The Morgan fingerprint density at radius 2 is 0.578 bits per heavy atom. The van der Waals surface area contributed by atoms with E-state index < -0.39 is 0 Å². The van der Waals surface area contributed by atoms with Crippen molar-refractivity contribution in [2.45, 2.75) is 0 Å². The van der Waals surface area contributed by atoms with E-state index in [4.69, 9.17) is 14.2 Å². The quantitative estimate of drug-likeness (QED) is 0.102. The molecule has 9 aromatic rings. The monoisotopic (exact) mass is 834 g/mol. The van der Waals surface area contributed by atoms with E-state index in [1.54, 1.807) is 21.3 Å². The Kier molecular flexibility index (Phi) is 12.1. The van der Waals surface area contributed by atoms with Gasteiger partial charge in [-0.15, -0.1) is 0 Å². The SMILES string of the molecule is COc1cccc(N(c2c#cccc2)c2ccc(N(c3ccc(N(c4ccccc4)c4cccc(OC)c4)cc3)c3ccc(N(c4ccccc4)c4cccc(OC)c4)cc3)cc2)c1. The van der Waals surface area contributed by atoms with Crippen LogP contribution in [0.1, 0.15) is 0 Å². The van der Waals surface area contributed by atoms with Gasteiger partial charge in [-0.3, -0.25) is 0 Å². The van der Waals surface area contributed by atoms with E-state index in [0.717, 1.165) is 85.5 Å². The molecule has 0 aliphatic heterocycles. The molecule has 312 valence electrons. The van der Waals surface area contributed by atoms with Gasteiger partial charge in [0.25, 0.3) is 0 Å². The van der Waals surface area contributed by atoms with Crippen LogP contribution < -0.4 is 33.8 Å². The minimum absolute atomic E-state index is 0.770. The Labute approximate surface area is 375 Å². The zero-order valence-electron chi connectivity index (χ0n) is 35.9. The van der Waals surface area contributed by atoms with Gasteiger partial charge >= 0.3 is 0 Å². The van der Waals surface area contributed by atoms with Crippen molar-refractivity contribution in [2.75, 3.05) is 40.9 Å². The summed E-state index contributed by atoms with van der Waals surface area (Å²) in [6.07, 6.45) is 0. The molecule has 0 saturated heterocycles. The molecular formula is C57H46N4O3. The van der Waals surface area contributed by atoms with Crippen LogP contribution in [0.5, 0.6) is 17.2 Å². The van der Waals surface area contributed by atoms with Gasteiger partial charge in [-0.25, -0.2) is 0 Å². The van der Waals surface area contributed by atoms with Gasteiger partial charge in [0.1, 0.15) is 17.2 Å². The Morgan fingerprint density at radius 3 is 0.906 bits per heavy atom. The molecule has 64 heavy (non-hydrogen) atoms. The number of nitrogens with zero attached hydrogens (tertiary/aromatic N) is 4. The first kappa shape index (κ1) is 40.8. The number of anilines is 12. The van der Waals surface area contributed by atoms with Crippen molar-refractivity contribution in [2.24, 2.45) is 0 Å². The fourth-order valence-corrected chi connectivity index (χ4v) is 7.90. The zero-order valence-corrected chi connectivity index (χ0v) is 35.9. The molecule has 0 unspecified atom stereocenters. The number of benzene rings is 8. The summed E-state index contributed by atoms with van der Waals surface area (Å²) in [5, 5.41) is 0. The molecular weight excluding hydrogens is 789 g/mol. The molecule has 9 rings (SSSR count). The van der Waals surface area contributed by atoms with Gasteiger partial charge in [0.2, 0.25) is 0 Å². The third-order valence-corrected chi connectivity index (χ3v) is 10.9. The summed E-state index contributed by atoms with van der Waals surface area (Å²) in [4.78, 5) is 8.92. The van der Waals surface area contributed by atoms with Crippen molar-refractivity contribution in [3.8, 4) is 17.2 Å². The summed E-state index contributed by atoms with van der Waals surface area (Å²) in [6, 6.07) is 83.4. The normalized spacial score (nSPS) is 10.6. The highest BCUT2D eigenvalue weighted by Crippen LogP contribution is 2.43. The third-order valence-electron chi connectivity index (χ3n) is 10.9. The van der Waals surface area contributed by atoms with Crippen LogP contribution in [-0.4, -0.2) is 21.3 Å². The van der Waals surface area contributed by atoms with Crippen molar-refractivity contribution in [3.05, 3.63) is 237 Å². The van der Waals surface area contributed by atoms with Crippen LogP contribution in [0.15, 0.2) is 224 Å². The highest BCUT2D eigenvalue weighted by Gasteiger charge is 2.20. The summed E-state index contributed by atoms with van der Waals surface area (Å²) in [6.45, 7) is 0. The van der Waals surface area contributed by atoms with E-state index in [9.17, 15) is 0 Å². The molecule has 0 saturated carbocycles. The van der Waals surface area contributed by atoms with E-state index in [0.29, 0.717) is 0 Å². The molecule has 0 heterocycles. The molecule has 0 aromatic heterocycles. The largest absolute Gasteiger partial charge is 0.497 e. The highest BCUT2D eigenvalue weighted by atomic mass is 16.5. The van der Waals surface area contributed by atoms with Crippen LogP contribution in [0.2, 0.25) is 0 Å². The minimum atomic E-state index is 0.770. The maximum atomic E-state index is 5.64. The van der Waals surface area contributed by atoms with E-state index in [1.807, 2.05) is 72.8 Å². The van der Waals surface area contributed by atoms with E-state index in [-0.39, 0.29) is 0 Å². The van der Waals surface area contributed by atoms with Gasteiger partial charge in [0.15, 0.2) is 0 Å². The van der Waals surface area contributed by atoms with Crippen LogP contribution in [0.4, 0.5) is 68.2 Å². The molecule has 0 atom stereocenters. The molecule has 7 heteroatoms. The van der Waals surface area contributed by atoms with Crippen LogP contribution >= 0.6 is 0 Å². The topological polar surface area (TPSA) is 40.7 Å². The Balaban J connectivity index is 1.14. The lowest BCUT2D eigenvalue weighted by Crippen LogP contribution is -2.14. The second kappa shape index (κ2) is 19.0. The highest BCUT2D eigenvalue weighted by molar-refractivity contribution is 5.85. The Bertz CT molecular complexity index is 2570. The lowest BCUT2D eigenvalue weighted by Gasteiger charge is -2.30. The molecule has 7 nitrogen and oxygen atoms in total. The number of rotatable bonds is 15. The van der Waals surface area contributed by atoms with Gasteiger partial charge in [-0.2, -0.15) is 0 Å². The van der Waals surface area contributed by atoms with Crippen LogP contribution in [0, 0.1) is 12.1 Å². The molecule has 0 radical (unpaired) electrons. The first-order valence-electron chi connectivity index (χ1n) is 21.0. The first-order chi connectivity index (χ1) is 31.6. The molecule has 0 bridgehead atoms. The van der Waals surface area contributed by atoms with Crippen LogP contribution in [0.25, 0.3) is 0 Å². The van der Waals surface area contributed by atoms with Crippen LogP contribution in [-0.2, 0) is 0 Å². The smallest absolute Gasteiger partial charge is 0.120 e. The summed E-state index contributed by atoms with van der Waals surface area (Å²) in [7, 11) is 5.08. The van der Waals surface area contributed by atoms with Gasteiger partial charge in [-0.1, -0.05) is 66.7 Å². The summed E-state index contributed by atoms with van der Waals surface area (Å²) >= 11 is 0. The second-order valence-corrected chi connectivity index (χ2v) is 14.8. The lowest BCUT2D eigenvalue weighted by atomic mass is 10.1. The van der Waals surface area contributed by atoms with Crippen molar-refractivity contribution in [1.82, 2.24) is 0 Å². The van der Waals surface area contributed by atoms with Gasteiger partial charge in [0.05, 0.1) is 32.7 Å². The molecule has 0 aliphatic rings. The minimum Gasteiger partial charge on any atom is -0.497 e. The van der Waals surface area contributed by atoms with Gasteiger partial charge in [0, 0.05) is 75.1 Å². The fourth-order valence-electron chi connectivity index (χ4n) is 7.90. The number of ether oxygens (including phenoxy) is 3. The average molecular weight is 835 g/mol. The lowest BCUT2D eigenvalue weighted by molar-refractivity contribution is 0.415. The molecule has 9 aromatic carbocycles. The zero-order chi connectivity index (χ0) is 43.7. The molecule has 0 spiro atoms. The maximum Gasteiger partial charge on any atom is 0.120 e. The Hall–Kier alpha value is -8.60. The van der Waals surface area contributed by atoms with Crippen molar-refractivity contribution in [3.63, 3.8) is 0 Å². The summed E-state index contributed by atoms with van der Waals surface area (Å²) < 4.78 is 16.9. The number of methoxy groups -OCH3 is 3. The molecule has 0 N–H and O–H groups in total. The van der Waals surface area contributed by atoms with E-state index in [2.05, 4.69) is 183 Å². The maximum absolute atomic E-state index is 5.64. The average Bonchev–Trinajstić information content (AvgIpc) is 3.37. The van der Waals surface area contributed by atoms with Crippen LogP contribution in [0.3, 0.4) is 0 Å². The number of hydrogen-bond acceptors (Lipinski definition) is 7. The van der Waals surface area contributed by atoms with E-state index in [1.165, 1.54) is 0 Å². The predicted molar refractivity (Wildman–Crippen MR) is 263 cm³/mol. The molecule has 0 aliphatic carbocycles. The number of para-hydroxylation sites is 2. The molecule has 0 fully saturated rings. The standard InChI is InChI=1S/C57H46N4O3/c1-62-55-25-13-22-52(40-55)59(43-16-7-4-8-17-43)49-34-28-46(29-35-49)58(47-30-36-50(37-31-47)60(44-18-9-5-10-19-44)53-23-14-26-56(41-53)63-2)48-32-38-51(39-33-48)61(45-20-11-6-12-21-45)54-24-15-27-57(42-54)64-3/h4-11,13-20,22-42H,1-3H3. The van der Waals surface area contributed by atoms with Crippen molar-refractivity contribution >= 4 is 68.2 Å². The van der Waals surface area contributed by atoms with Gasteiger partial charge < -0.3 is 33.8 Å². The van der Waals surface area contributed by atoms with Gasteiger partial charge in [-0.05, 0) is 152 Å². The fraction of sp³-hybridized carbons (Fsp3) is 0.0526. The summed E-state index contributed by atoms with van der Waals surface area (Å²) in [5.74, 6) is 2.35.